The Bertz CT molecular complexity index is 713. The Balaban J connectivity index is 1.62. The van der Waals surface area contributed by atoms with Crippen molar-refractivity contribution < 1.29 is 9.90 Å². The molecular weight excluding hydrogens is 332 g/mol. The minimum absolute atomic E-state index is 0.0475. The molecule has 1 aromatic carbocycles. The van der Waals surface area contributed by atoms with Crippen molar-refractivity contribution in [2.75, 3.05) is 26.2 Å². The smallest absolute Gasteiger partial charge is 0.254 e. The molecule has 0 saturated carbocycles. The Morgan fingerprint density at radius 3 is 2.56 bits per heavy atom. The van der Waals surface area contributed by atoms with Gasteiger partial charge in [-0.2, -0.15) is 11.3 Å². The normalized spacial score (nSPS) is 27.6. The van der Waals surface area contributed by atoms with Gasteiger partial charge in [0.1, 0.15) is 5.60 Å². The maximum absolute atomic E-state index is 12.8. The summed E-state index contributed by atoms with van der Waals surface area (Å²) in [7, 11) is 0. The van der Waals surface area contributed by atoms with Gasteiger partial charge < -0.3 is 10.0 Å². The number of likely N-dealkylation sites (tertiary alicyclic amines) is 2. The molecule has 3 heterocycles. The topological polar surface area (TPSA) is 43.8 Å². The number of hydrogen-bond acceptors (Lipinski definition) is 4. The molecule has 25 heavy (non-hydrogen) atoms. The maximum atomic E-state index is 12.8. The molecule has 0 aliphatic carbocycles. The highest BCUT2D eigenvalue weighted by atomic mass is 32.1. The standard InChI is InChI=1S/C20H24N2O2S/c23-19(16-8-13-25-15-16)22-12-9-20(24,17-6-2-1-3-7-17)18(14-22)21-10-4-5-11-21/h1-3,6-8,13,15,18,24H,4-5,9-12,14H2. The van der Waals surface area contributed by atoms with E-state index >= 15 is 0 Å². The van der Waals surface area contributed by atoms with Crippen LogP contribution in [0.3, 0.4) is 0 Å². The van der Waals surface area contributed by atoms with Gasteiger partial charge in [0.2, 0.25) is 0 Å². The van der Waals surface area contributed by atoms with Crippen molar-refractivity contribution in [3.05, 3.63) is 58.3 Å². The van der Waals surface area contributed by atoms with Crippen molar-refractivity contribution in [2.24, 2.45) is 0 Å². The Hall–Kier alpha value is -1.69. The zero-order chi connectivity index (χ0) is 17.3. The van der Waals surface area contributed by atoms with E-state index in [-0.39, 0.29) is 11.9 Å². The number of amides is 1. The maximum Gasteiger partial charge on any atom is 0.254 e. The van der Waals surface area contributed by atoms with Crippen LogP contribution in [0, 0.1) is 0 Å². The lowest BCUT2D eigenvalue weighted by Gasteiger charge is -2.48. The first-order valence-electron chi connectivity index (χ1n) is 9.02. The number of benzene rings is 1. The van der Waals surface area contributed by atoms with Crippen LogP contribution in [0.1, 0.15) is 35.2 Å². The van der Waals surface area contributed by atoms with E-state index in [0.29, 0.717) is 19.5 Å². The van der Waals surface area contributed by atoms with Gasteiger partial charge in [-0.25, -0.2) is 0 Å². The molecule has 1 aromatic heterocycles. The quantitative estimate of drug-likeness (QED) is 0.920. The Labute approximate surface area is 152 Å². The fraction of sp³-hybridized carbons (Fsp3) is 0.450. The molecule has 1 N–H and O–H groups in total. The average molecular weight is 356 g/mol. The van der Waals surface area contributed by atoms with Gasteiger partial charge in [0.25, 0.3) is 5.91 Å². The predicted molar refractivity (Wildman–Crippen MR) is 99.8 cm³/mol. The predicted octanol–water partition coefficient (Wildman–Crippen LogP) is 2.95. The van der Waals surface area contributed by atoms with Crippen LogP contribution in [0.2, 0.25) is 0 Å². The second-order valence-electron chi connectivity index (χ2n) is 7.06. The first-order valence-corrected chi connectivity index (χ1v) is 9.96. The number of rotatable bonds is 3. The molecule has 4 rings (SSSR count). The van der Waals surface area contributed by atoms with Gasteiger partial charge in [-0.3, -0.25) is 9.69 Å². The van der Waals surface area contributed by atoms with Gasteiger partial charge in [-0.05, 0) is 49.4 Å². The Morgan fingerprint density at radius 1 is 1.12 bits per heavy atom. The summed E-state index contributed by atoms with van der Waals surface area (Å²) >= 11 is 1.55. The zero-order valence-corrected chi connectivity index (χ0v) is 15.1. The second kappa shape index (κ2) is 6.90. The van der Waals surface area contributed by atoms with Gasteiger partial charge in [-0.1, -0.05) is 30.3 Å². The lowest BCUT2D eigenvalue weighted by atomic mass is 9.79. The molecule has 2 aromatic rings. The van der Waals surface area contributed by atoms with Crippen molar-refractivity contribution >= 4 is 17.2 Å². The molecular formula is C20H24N2O2S. The van der Waals surface area contributed by atoms with Crippen molar-refractivity contribution in [3.63, 3.8) is 0 Å². The molecule has 2 aliphatic rings. The number of carbonyl (C=O) groups is 1. The number of aliphatic hydroxyl groups is 1. The van der Waals surface area contributed by atoms with E-state index in [4.69, 9.17) is 0 Å². The second-order valence-corrected chi connectivity index (χ2v) is 7.84. The molecule has 132 valence electrons. The highest BCUT2D eigenvalue weighted by molar-refractivity contribution is 7.08. The van der Waals surface area contributed by atoms with Crippen LogP contribution in [0.5, 0.6) is 0 Å². The van der Waals surface area contributed by atoms with Crippen molar-refractivity contribution in [3.8, 4) is 0 Å². The SMILES string of the molecule is O=C(c1ccsc1)N1CCC(O)(c2ccccc2)C(N2CCCC2)C1. The molecule has 0 radical (unpaired) electrons. The zero-order valence-electron chi connectivity index (χ0n) is 14.3. The van der Waals surface area contributed by atoms with Crippen LogP contribution in [0.15, 0.2) is 47.2 Å². The summed E-state index contributed by atoms with van der Waals surface area (Å²) in [4.78, 5) is 17.1. The number of carbonyl (C=O) groups excluding carboxylic acids is 1. The van der Waals surface area contributed by atoms with Crippen molar-refractivity contribution in [1.29, 1.82) is 0 Å². The van der Waals surface area contributed by atoms with E-state index in [2.05, 4.69) is 4.90 Å². The van der Waals surface area contributed by atoms with E-state index < -0.39 is 5.60 Å². The summed E-state index contributed by atoms with van der Waals surface area (Å²) in [6.45, 7) is 3.17. The average Bonchev–Trinajstić information content (AvgIpc) is 3.36. The monoisotopic (exact) mass is 356 g/mol. The Morgan fingerprint density at radius 2 is 1.88 bits per heavy atom. The lowest BCUT2D eigenvalue weighted by molar-refractivity contribution is -0.0877. The third kappa shape index (κ3) is 3.12. The van der Waals surface area contributed by atoms with Crippen LogP contribution >= 0.6 is 11.3 Å². The molecule has 2 aliphatic heterocycles. The largest absolute Gasteiger partial charge is 0.383 e. The number of thiophene rings is 1. The number of piperidine rings is 1. The first-order chi connectivity index (χ1) is 12.2. The molecule has 2 unspecified atom stereocenters. The van der Waals surface area contributed by atoms with Crippen LogP contribution in [0.4, 0.5) is 0 Å². The fourth-order valence-electron chi connectivity index (χ4n) is 4.21. The number of hydrogen-bond donors (Lipinski definition) is 1. The van der Waals surface area contributed by atoms with Gasteiger partial charge in [0.15, 0.2) is 0 Å². The van der Waals surface area contributed by atoms with Crippen LogP contribution in [0.25, 0.3) is 0 Å². The number of nitrogens with zero attached hydrogens (tertiary/aromatic N) is 2. The summed E-state index contributed by atoms with van der Waals surface area (Å²) < 4.78 is 0. The highest BCUT2D eigenvalue weighted by Crippen LogP contribution is 2.37. The highest BCUT2D eigenvalue weighted by Gasteiger charge is 2.47. The van der Waals surface area contributed by atoms with Crippen molar-refractivity contribution in [2.45, 2.75) is 30.9 Å². The molecule has 4 nitrogen and oxygen atoms in total. The van der Waals surface area contributed by atoms with E-state index in [1.165, 1.54) is 12.8 Å². The molecule has 1 amide bonds. The first kappa shape index (κ1) is 16.8. The van der Waals surface area contributed by atoms with Crippen LogP contribution in [-0.2, 0) is 5.60 Å². The van der Waals surface area contributed by atoms with Crippen molar-refractivity contribution in [1.82, 2.24) is 9.80 Å². The molecule has 5 heteroatoms. The van der Waals surface area contributed by atoms with E-state index in [1.807, 2.05) is 52.1 Å². The minimum Gasteiger partial charge on any atom is -0.383 e. The van der Waals surface area contributed by atoms with Crippen LogP contribution < -0.4 is 0 Å². The van der Waals surface area contributed by atoms with E-state index in [0.717, 1.165) is 24.2 Å². The molecule has 2 fully saturated rings. The van der Waals surface area contributed by atoms with Gasteiger partial charge in [0.05, 0.1) is 11.6 Å². The summed E-state index contributed by atoms with van der Waals surface area (Å²) in [6, 6.07) is 11.8. The summed E-state index contributed by atoms with van der Waals surface area (Å²) in [5.74, 6) is 0.0839. The summed E-state index contributed by atoms with van der Waals surface area (Å²) in [5, 5.41) is 15.5. The fourth-order valence-corrected chi connectivity index (χ4v) is 4.84. The van der Waals surface area contributed by atoms with E-state index in [1.54, 1.807) is 11.3 Å². The third-order valence-electron chi connectivity index (χ3n) is 5.62. The lowest BCUT2D eigenvalue weighted by Crippen LogP contribution is -2.61. The summed E-state index contributed by atoms with van der Waals surface area (Å²) in [6.07, 6.45) is 2.91. The molecule has 2 atom stereocenters. The summed E-state index contributed by atoms with van der Waals surface area (Å²) in [5.41, 5.74) is 0.835. The molecule has 0 bridgehead atoms. The van der Waals surface area contributed by atoms with Gasteiger partial charge >= 0.3 is 0 Å². The van der Waals surface area contributed by atoms with Gasteiger partial charge in [-0.15, -0.1) is 0 Å². The van der Waals surface area contributed by atoms with E-state index in [9.17, 15) is 9.90 Å². The third-order valence-corrected chi connectivity index (χ3v) is 6.30. The Kier molecular flexibility index (Phi) is 4.63. The minimum atomic E-state index is -0.892. The molecule has 0 spiro atoms. The van der Waals surface area contributed by atoms with Gasteiger partial charge in [0, 0.05) is 18.5 Å². The molecule has 2 saturated heterocycles. The van der Waals surface area contributed by atoms with Crippen LogP contribution in [-0.4, -0.2) is 53.0 Å².